The summed E-state index contributed by atoms with van der Waals surface area (Å²) in [6.07, 6.45) is 8.77. The molecule has 3 aromatic rings. The zero-order valence-electron chi connectivity index (χ0n) is 17.5. The van der Waals surface area contributed by atoms with Gasteiger partial charge in [-0.05, 0) is 61.8 Å². The minimum absolute atomic E-state index is 0.258. The molecule has 0 radical (unpaired) electrons. The molecule has 2 aliphatic rings. The summed E-state index contributed by atoms with van der Waals surface area (Å²) in [5, 5.41) is 1.33. The molecule has 3 heteroatoms. The van der Waals surface area contributed by atoms with Crippen molar-refractivity contribution >= 4 is 16.9 Å². The third-order valence-corrected chi connectivity index (χ3v) is 6.88. The van der Waals surface area contributed by atoms with E-state index >= 15 is 0 Å². The van der Waals surface area contributed by atoms with Crippen molar-refractivity contribution in [2.75, 3.05) is 7.11 Å². The molecule has 1 aromatic heterocycles. The molecule has 0 amide bonds. The van der Waals surface area contributed by atoms with E-state index in [1.54, 1.807) is 0 Å². The maximum atomic E-state index is 12.2. The zero-order valence-corrected chi connectivity index (χ0v) is 17.5. The zero-order chi connectivity index (χ0) is 20.0. The summed E-state index contributed by atoms with van der Waals surface area (Å²) in [6, 6.07) is 13.1. The van der Waals surface area contributed by atoms with Gasteiger partial charge in [0.1, 0.15) is 0 Å². The van der Waals surface area contributed by atoms with E-state index in [1.807, 2.05) is 6.07 Å². The predicted molar refractivity (Wildman–Crippen MR) is 118 cm³/mol. The number of hydrogen-bond acceptors (Lipinski definition) is 2. The van der Waals surface area contributed by atoms with Crippen molar-refractivity contribution in [1.82, 2.24) is 4.57 Å². The summed E-state index contributed by atoms with van der Waals surface area (Å²) in [6.45, 7) is 3.18. The number of esters is 1. The molecule has 0 atom stereocenters. The van der Waals surface area contributed by atoms with E-state index in [-0.39, 0.29) is 5.97 Å². The highest BCUT2D eigenvalue weighted by Crippen LogP contribution is 2.46. The van der Waals surface area contributed by atoms with Gasteiger partial charge in [0, 0.05) is 23.0 Å². The molecular weight excluding hydrogens is 358 g/mol. The Morgan fingerprint density at radius 3 is 2.66 bits per heavy atom. The molecule has 0 N–H and O–H groups in total. The van der Waals surface area contributed by atoms with Crippen LogP contribution in [-0.2, 0) is 17.7 Å². The van der Waals surface area contributed by atoms with Gasteiger partial charge in [-0.3, -0.25) is 0 Å². The number of fused-ring (bicyclic) bond motifs is 5. The van der Waals surface area contributed by atoms with E-state index in [2.05, 4.69) is 41.8 Å². The fourth-order valence-electron chi connectivity index (χ4n) is 5.54. The molecule has 29 heavy (non-hydrogen) atoms. The summed E-state index contributed by atoms with van der Waals surface area (Å²) < 4.78 is 7.49. The van der Waals surface area contributed by atoms with Crippen LogP contribution in [0.4, 0.5) is 0 Å². The van der Waals surface area contributed by atoms with E-state index in [9.17, 15) is 4.79 Å². The summed E-state index contributed by atoms with van der Waals surface area (Å²) >= 11 is 0. The van der Waals surface area contributed by atoms with Gasteiger partial charge in [0.25, 0.3) is 0 Å². The number of aromatic nitrogens is 1. The van der Waals surface area contributed by atoms with Gasteiger partial charge in [-0.25, -0.2) is 4.79 Å². The normalized spacial score (nSPS) is 16.9. The lowest BCUT2D eigenvalue weighted by atomic mass is 9.81. The van der Waals surface area contributed by atoms with Gasteiger partial charge >= 0.3 is 5.97 Å². The molecule has 0 unspecified atom stereocenters. The summed E-state index contributed by atoms with van der Waals surface area (Å²) in [5.74, 6) is 0.352. The number of rotatable bonds is 2. The molecule has 1 aliphatic carbocycles. The lowest BCUT2D eigenvalue weighted by Gasteiger charge is -2.24. The van der Waals surface area contributed by atoms with Crippen molar-refractivity contribution in [3.8, 4) is 11.3 Å². The van der Waals surface area contributed by atoms with E-state index in [0.717, 1.165) is 19.4 Å². The van der Waals surface area contributed by atoms with Crippen LogP contribution in [0.5, 0.6) is 0 Å². The first-order valence-electron chi connectivity index (χ1n) is 11.0. The van der Waals surface area contributed by atoms with E-state index in [1.165, 1.54) is 78.1 Å². The molecule has 1 aliphatic heterocycles. The van der Waals surface area contributed by atoms with E-state index < -0.39 is 0 Å². The Morgan fingerprint density at radius 1 is 1.03 bits per heavy atom. The second-order valence-electron chi connectivity index (χ2n) is 8.74. The highest BCUT2D eigenvalue weighted by Gasteiger charge is 2.29. The standard InChI is InChI=1S/C26H29NO2/c1-17-10-12-21-19(15-17)9-6-14-27-23-16-20(26(28)29-2)11-13-22(23)24(25(21)27)18-7-4-3-5-8-18/h10-13,15-16,18H,3-9,14H2,1-2H3. The van der Waals surface area contributed by atoms with Crippen molar-refractivity contribution in [2.45, 2.75) is 64.3 Å². The largest absolute Gasteiger partial charge is 0.465 e. The number of ether oxygens (including phenoxy) is 1. The second-order valence-corrected chi connectivity index (χ2v) is 8.74. The number of methoxy groups -OCH3 is 1. The van der Waals surface area contributed by atoms with Gasteiger partial charge in [0.05, 0.1) is 18.4 Å². The molecule has 2 heterocycles. The third-order valence-electron chi connectivity index (χ3n) is 6.88. The highest BCUT2D eigenvalue weighted by atomic mass is 16.5. The van der Waals surface area contributed by atoms with Gasteiger partial charge < -0.3 is 9.30 Å². The fraction of sp³-hybridized carbons (Fsp3) is 0.423. The molecule has 5 rings (SSSR count). The average Bonchev–Trinajstić information content (AvgIpc) is 2.95. The van der Waals surface area contributed by atoms with Crippen LogP contribution in [0.2, 0.25) is 0 Å². The van der Waals surface area contributed by atoms with Crippen molar-refractivity contribution in [3.05, 3.63) is 58.7 Å². The first-order valence-corrected chi connectivity index (χ1v) is 11.0. The van der Waals surface area contributed by atoms with Gasteiger partial charge in [-0.2, -0.15) is 0 Å². The minimum atomic E-state index is -0.258. The number of carbonyl (C=O) groups is 1. The molecule has 1 fully saturated rings. The minimum Gasteiger partial charge on any atom is -0.465 e. The van der Waals surface area contributed by atoms with Crippen LogP contribution in [-0.4, -0.2) is 17.6 Å². The van der Waals surface area contributed by atoms with E-state index in [0.29, 0.717) is 11.5 Å². The lowest BCUT2D eigenvalue weighted by molar-refractivity contribution is 0.0601. The topological polar surface area (TPSA) is 31.2 Å². The Hall–Kier alpha value is -2.55. The van der Waals surface area contributed by atoms with Crippen LogP contribution >= 0.6 is 0 Å². The number of hydrogen-bond donors (Lipinski definition) is 0. The van der Waals surface area contributed by atoms with Crippen LogP contribution in [0, 0.1) is 6.92 Å². The molecule has 0 saturated heterocycles. The van der Waals surface area contributed by atoms with Crippen molar-refractivity contribution < 1.29 is 9.53 Å². The van der Waals surface area contributed by atoms with Crippen molar-refractivity contribution in [2.24, 2.45) is 0 Å². The lowest BCUT2D eigenvalue weighted by Crippen LogP contribution is -2.07. The van der Waals surface area contributed by atoms with Crippen molar-refractivity contribution in [3.63, 3.8) is 0 Å². The summed E-state index contributed by atoms with van der Waals surface area (Å²) in [7, 11) is 1.46. The molecule has 1 saturated carbocycles. The Morgan fingerprint density at radius 2 is 1.86 bits per heavy atom. The SMILES string of the molecule is COC(=O)c1ccc2c(C3CCCCC3)c3n(c2c1)CCCc1cc(C)ccc1-3. The Bertz CT molecular complexity index is 1090. The first kappa shape index (κ1) is 18.5. The maximum Gasteiger partial charge on any atom is 0.337 e. The van der Waals surface area contributed by atoms with Crippen LogP contribution in [0.1, 0.15) is 71.5 Å². The Balaban J connectivity index is 1.81. The summed E-state index contributed by atoms with van der Waals surface area (Å²) in [4.78, 5) is 12.2. The summed E-state index contributed by atoms with van der Waals surface area (Å²) in [5.41, 5.74) is 8.95. The molecule has 3 nitrogen and oxygen atoms in total. The van der Waals surface area contributed by atoms with Gasteiger partial charge in [-0.1, -0.05) is 49.1 Å². The average molecular weight is 388 g/mol. The molecular formula is C26H29NO2. The maximum absolute atomic E-state index is 12.2. The molecule has 0 bridgehead atoms. The van der Waals surface area contributed by atoms with Crippen molar-refractivity contribution in [1.29, 1.82) is 0 Å². The monoisotopic (exact) mass is 387 g/mol. The van der Waals surface area contributed by atoms with Crippen LogP contribution in [0.25, 0.3) is 22.2 Å². The highest BCUT2D eigenvalue weighted by molar-refractivity contribution is 5.99. The number of nitrogens with zero attached hydrogens (tertiary/aromatic N) is 1. The predicted octanol–water partition coefficient (Wildman–Crippen LogP) is 6.40. The van der Waals surface area contributed by atoms with Gasteiger partial charge in [0.2, 0.25) is 0 Å². The van der Waals surface area contributed by atoms with E-state index in [4.69, 9.17) is 4.74 Å². The van der Waals surface area contributed by atoms with Crippen LogP contribution in [0.15, 0.2) is 36.4 Å². The molecule has 150 valence electrons. The second kappa shape index (κ2) is 7.37. The fourth-order valence-corrected chi connectivity index (χ4v) is 5.54. The number of carbonyl (C=O) groups excluding carboxylic acids is 1. The number of aryl methyl sites for hydroxylation is 3. The van der Waals surface area contributed by atoms with Crippen LogP contribution < -0.4 is 0 Å². The molecule has 0 spiro atoms. The van der Waals surface area contributed by atoms with Crippen LogP contribution in [0.3, 0.4) is 0 Å². The molecule has 2 aromatic carbocycles. The number of benzene rings is 2. The Kier molecular flexibility index (Phi) is 4.69. The van der Waals surface area contributed by atoms with Gasteiger partial charge in [-0.15, -0.1) is 0 Å². The third kappa shape index (κ3) is 3.08. The smallest absolute Gasteiger partial charge is 0.337 e. The quantitative estimate of drug-likeness (QED) is 0.477. The van der Waals surface area contributed by atoms with Gasteiger partial charge in [0.15, 0.2) is 0 Å². The Labute approximate surface area is 172 Å². The first-order chi connectivity index (χ1) is 14.2.